The van der Waals surface area contributed by atoms with Gasteiger partial charge in [-0.3, -0.25) is 0 Å². The summed E-state index contributed by atoms with van der Waals surface area (Å²) in [5.74, 6) is 0. The molecule has 5 nitrogen and oxygen atoms in total. The van der Waals surface area contributed by atoms with E-state index in [1.165, 1.54) is 0 Å². The van der Waals surface area contributed by atoms with Gasteiger partial charge < -0.3 is 14.8 Å². The molecule has 0 saturated carbocycles. The Bertz CT molecular complexity index is 209. The predicted molar refractivity (Wildman–Crippen MR) is 31.9 cm³/mol. The van der Waals surface area contributed by atoms with E-state index in [0.717, 1.165) is 6.08 Å². The van der Waals surface area contributed by atoms with Crippen molar-refractivity contribution in [1.82, 2.24) is 0 Å². The van der Waals surface area contributed by atoms with Gasteiger partial charge in [-0.2, -0.15) is 0 Å². The van der Waals surface area contributed by atoms with Gasteiger partial charge in [0, 0.05) is 0 Å². The molecule has 1 unspecified atom stereocenters. The van der Waals surface area contributed by atoms with Gasteiger partial charge in [0.05, 0.1) is 6.61 Å². The average Bonchev–Trinajstić information content (AvgIpc) is 1.80. The maximum Gasteiger partial charge on any atom is 1.00 e. The summed E-state index contributed by atoms with van der Waals surface area (Å²) in [7, 11) is -4.67. The number of aliphatic hydroxyl groups excluding tert-OH is 2. The van der Waals surface area contributed by atoms with Gasteiger partial charge >= 0.3 is 29.6 Å². The molecule has 0 radical (unpaired) electrons. The Balaban J connectivity index is 0. The average molecular weight is 190 g/mol. The molecular weight excluding hydrogens is 183 g/mol. The van der Waals surface area contributed by atoms with Crippen LogP contribution in [0.4, 0.5) is 0 Å². The molecule has 0 aliphatic heterocycles. The van der Waals surface area contributed by atoms with Crippen LogP contribution in [0.1, 0.15) is 0 Å². The molecule has 0 aromatic rings. The quantitative estimate of drug-likeness (QED) is 0.265. The fourth-order valence-electron chi connectivity index (χ4n) is 0.273. The second-order valence-electron chi connectivity index (χ2n) is 1.49. The maximum absolute atomic E-state index is 9.90. The second-order valence-corrected chi connectivity index (χ2v) is 2.96. The minimum atomic E-state index is -4.67. The van der Waals surface area contributed by atoms with E-state index >= 15 is 0 Å². The van der Waals surface area contributed by atoms with Crippen LogP contribution in [0.25, 0.3) is 0 Å². The third kappa shape index (κ3) is 6.95. The minimum absolute atomic E-state index is 0. The molecule has 0 heterocycles. The number of hydrogen-bond acceptors (Lipinski definition) is 5. The van der Waals surface area contributed by atoms with Crippen molar-refractivity contribution < 1.29 is 52.7 Å². The van der Waals surface area contributed by atoms with Crippen LogP contribution in [-0.2, 0) is 10.1 Å². The van der Waals surface area contributed by atoms with Crippen LogP contribution < -0.4 is 29.6 Å². The van der Waals surface area contributed by atoms with Crippen molar-refractivity contribution in [3.05, 3.63) is 12.2 Å². The largest absolute Gasteiger partial charge is 1.00 e. The Kier molecular flexibility index (Phi) is 7.86. The standard InChI is InChI=1S/C4H8O5S.Na/c5-3-1-2-4(6)10(7,8)9;/h1-2,4-6H,3H2,(H,7,8,9);/q;+1/p-1. The molecule has 1 atom stereocenters. The fourth-order valence-corrected chi connectivity index (χ4v) is 0.577. The summed E-state index contributed by atoms with van der Waals surface area (Å²) in [4.78, 5) is 0. The van der Waals surface area contributed by atoms with Crippen LogP contribution in [0.5, 0.6) is 0 Å². The van der Waals surface area contributed by atoms with Crippen molar-refractivity contribution in [2.45, 2.75) is 5.44 Å². The van der Waals surface area contributed by atoms with Gasteiger partial charge in [0.1, 0.15) is 10.1 Å². The van der Waals surface area contributed by atoms with E-state index in [1.54, 1.807) is 0 Å². The van der Waals surface area contributed by atoms with Gasteiger partial charge in [0.15, 0.2) is 5.44 Å². The molecule has 0 amide bonds. The second kappa shape index (κ2) is 6.13. The molecule has 0 spiro atoms. The summed E-state index contributed by atoms with van der Waals surface area (Å²) >= 11 is 0. The Labute approximate surface area is 86.8 Å². The van der Waals surface area contributed by atoms with Crippen molar-refractivity contribution in [2.24, 2.45) is 0 Å². The molecule has 0 saturated heterocycles. The van der Waals surface area contributed by atoms with Crippen molar-refractivity contribution in [3.8, 4) is 0 Å². The molecule has 0 aliphatic rings. The first-order chi connectivity index (χ1) is 4.48. The minimum Gasteiger partial charge on any atom is -0.746 e. The van der Waals surface area contributed by atoms with Crippen LogP contribution in [-0.4, -0.2) is 35.2 Å². The summed E-state index contributed by atoms with van der Waals surface area (Å²) in [5, 5.41) is 16.5. The van der Waals surface area contributed by atoms with Gasteiger partial charge in [-0.1, -0.05) is 6.08 Å². The Morgan fingerprint density at radius 2 is 2.00 bits per heavy atom. The zero-order valence-electron chi connectivity index (χ0n) is 5.97. The summed E-state index contributed by atoms with van der Waals surface area (Å²) < 4.78 is 29.7. The van der Waals surface area contributed by atoms with Crippen LogP contribution in [0.2, 0.25) is 0 Å². The molecule has 11 heavy (non-hydrogen) atoms. The predicted octanol–water partition coefficient (Wildman–Crippen LogP) is -4.60. The molecule has 2 N–H and O–H groups in total. The van der Waals surface area contributed by atoms with E-state index in [1.807, 2.05) is 0 Å². The van der Waals surface area contributed by atoms with Gasteiger partial charge in [0.25, 0.3) is 0 Å². The van der Waals surface area contributed by atoms with Crippen LogP contribution in [0, 0.1) is 0 Å². The summed E-state index contributed by atoms with van der Waals surface area (Å²) in [6.07, 6.45) is 1.68. The molecule has 7 heteroatoms. The fraction of sp³-hybridized carbons (Fsp3) is 0.500. The first kappa shape index (κ1) is 14.1. The van der Waals surface area contributed by atoms with Gasteiger partial charge in [0.2, 0.25) is 0 Å². The Morgan fingerprint density at radius 3 is 2.27 bits per heavy atom. The first-order valence-electron chi connectivity index (χ1n) is 2.39. The molecule has 60 valence electrons. The third-order valence-electron chi connectivity index (χ3n) is 0.702. The third-order valence-corrected chi connectivity index (χ3v) is 1.45. The van der Waals surface area contributed by atoms with E-state index in [4.69, 9.17) is 10.2 Å². The number of hydrogen-bond donors (Lipinski definition) is 2. The molecule has 0 aromatic carbocycles. The zero-order chi connectivity index (χ0) is 8.20. The van der Waals surface area contributed by atoms with Crippen LogP contribution in [0.15, 0.2) is 12.2 Å². The number of aliphatic hydroxyl groups is 2. The van der Waals surface area contributed by atoms with E-state index in [-0.39, 0.29) is 29.6 Å². The van der Waals surface area contributed by atoms with Gasteiger partial charge in [-0.25, -0.2) is 8.42 Å². The van der Waals surface area contributed by atoms with E-state index in [0.29, 0.717) is 6.08 Å². The zero-order valence-corrected chi connectivity index (χ0v) is 8.78. The van der Waals surface area contributed by atoms with E-state index < -0.39 is 22.2 Å². The SMILES string of the molecule is O=S(=O)([O-])C(O)C=CCO.[Na+]. The van der Waals surface area contributed by atoms with Gasteiger partial charge in [-0.05, 0) is 6.08 Å². The molecule has 0 fully saturated rings. The normalized spacial score (nSPS) is 14.5. The molecule has 0 aromatic heterocycles. The number of rotatable bonds is 3. The molecular formula is C4H7NaO5S. The van der Waals surface area contributed by atoms with Crippen molar-refractivity contribution >= 4 is 10.1 Å². The first-order valence-corrected chi connectivity index (χ1v) is 3.86. The summed E-state index contributed by atoms with van der Waals surface area (Å²) in [6.45, 7) is -0.410. The van der Waals surface area contributed by atoms with Crippen LogP contribution >= 0.6 is 0 Å². The topological polar surface area (TPSA) is 97.7 Å². The van der Waals surface area contributed by atoms with Crippen molar-refractivity contribution in [2.75, 3.05) is 6.61 Å². The maximum atomic E-state index is 9.90. The van der Waals surface area contributed by atoms with E-state index in [9.17, 15) is 13.0 Å². The Hall–Kier alpha value is 0.570. The molecule has 0 aliphatic carbocycles. The van der Waals surface area contributed by atoms with Crippen molar-refractivity contribution in [1.29, 1.82) is 0 Å². The molecule has 0 bridgehead atoms. The van der Waals surface area contributed by atoms with Gasteiger partial charge in [-0.15, -0.1) is 0 Å². The Morgan fingerprint density at radius 1 is 1.55 bits per heavy atom. The van der Waals surface area contributed by atoms with Crippen molar-refractivity contribution in [3.63, 3.8) is 0 Å². The van der Waals surface area contributed by atoms with E-state index in [2.05, 4.69) is 0 Å². The molecule has 0 rings (SSSR count). The van der Waals surface area contributed by atoms with Crippen LogP contribution in [0.3, 0.4) is 0 Å². The monoisotopic (exact) mass is 190 g/mol. The summed E-state index contributed by atoms with van der Waals surface area (Å²) in [6, 6.07) is 0. The summed E-state index contributed by atoms with van der Waals surface area (Å²) in [5.41, 5.74) is -2.06. The smallest absolute Gasteiger partial charge is 0.746 e.